The largest absolute Gasteiger partial charge is 0.318 e. The summed E-state index contributed by atoms with van der Waals surface area (Å²) < 4.78 is 0. The third-order valence-corrected chi connectivity index (χ3v) is 3.84. The number of carbonyl (C=O) groups is 2. The second kappa shape index (κ2) is 7.29. The van der Waals surface area contributed by atoms with Gasteiger partial charge in [-0.2, -0.15) is 0 Å². The smallest absolute Gasteiger partial charge is 0.314 e. The Bertz CT molecular complexity index is 700. The highest BCUT2D eigenvalue weighted by atomic mass is 35.5. The van der Waals surface area contributed by atoms with Crippen molar-refractivity contribution >= 4 is 46.4 Å². The third-order valence-electron chi connectivity index (χ3n) is 3.03. The van der Waals surface area contributed by atoms with Gasteiger partial charge in [0.1, 0.15) is 0 Å². The molecule has 0 fully saturated rings. The van der Waals surface area contributed by atoms with Crippen LogP contribution in [0.3, 0.4) is 0 Å². The first kappa shape index (κ1) is 16.3. The van der Waals surface area contributed by atoms with Crippen LogP contribution in [0.2, 0.25) is 10.0 Å². The zero-order chi connectivity index (χ0) is 16.1. The maximum atomic E-state index is 11.9. The second-order valence-electron chi connectivity index (χ2n) is 4.56. The fourth-order valence-corrected chi connectivity index (χ4v) is 2.14. The molecule has 0 aliphatic carbocycles. The molecule has 0 saturated carbocycles. The standard InChI is InChI=1S/C16H14Cl2N2O2/c1-2-10-6-8-11(9-7-10)19-15(21)16(22)20-13-5-3-4-12(17)14(13)18/h3-9H,2H2,1H3,(H,19,21)(H,20,22). The highest BCUT2D eigenvalue weighted by Gasteiger charge is 2.16. The molecule has 0 aliphatic rings. The van der Waals surface area contributed by atoms with Crippen LogP contribution in [0, 0.1) is 0 Å². The Kier molecular flexibility index (Phi) is 5.41. The number of rotatable bonds is 3. The van der Waals surface area contributed by atoms with Crippen LogP contribution < -0.4 is 10.6 Å². The molecule has 0 aliphatic heterocycles. The average molecular weight is 337 g/mol. The van der Waals surface area contributed by atoms with E-state index in [0.717, 1.165) is 12.0 Å². The van der Waals surface area contributed by atoms with Gasteiger partial charge in [-0.1, -0.05) is 48.3 Å². The summed E-state index contributed by atoms with van der Waals surface area (Å²) >= 11 is 11.8. The van der Waals surface area contributed by atoms with Crippen LogP contribution in [0.1, 0.15) is 12.5 Å². The molecule has 22 heavy (non-hydrogen) atoms. The molecule has 0 radical (unpaired) electrons. The van der Waals surface area contributed by atoms with Crippen LogP contribution >= 0.6 is 23.2 Å². The molecular weight excluding hydrogens is 323 g/mol. The van der Waals surface area contributed by atoms with E-state index in [2.05, 4.69) is 10.6 Å². The van der Waals surface area contributed by atoms with Crippen molar-refractivity contribution in [2.45, 2.75) is 13.3 Å². The Morgan fingerprint density at radius 3 is 2.23 bits per heavy atom. The van der Waals surface area contributed by atoms with Crippen molar-refractivity contribution in [3.63, 3.8) is 0 Å². The van der Waals surface area contributed by atoms with Gasteiger partial charge in [0, 0.05) is 5.69 Å². The maximum absolute atomic E-state index is 11.9. The zero-order valence-corrected chi connectivity index (χ0v) is 13.3. The van der Waals surface area contributed by atoms with Crippen molar-refractivity contribution in [2.24, 2.45) is 0 Å². The van der Waals surface area contributed by atoms with Crippen LogP contribution in [-0.2, 0) is 16.0 Å². The van der Waals surface area contributed by atoms with Gasteiger partial charge in [-0.05, 0) is 36.2 Å². The van der Waals surface area contributed by atoms with E-state index in [4.69, 9.17) is 23.2 Å². The molecule has 0 heterocycles. The van der Waals surface area contributed by atoms with Crippen molar-refractivity contribution in [2.75, 3.05) is 10.6 Å². The summed E-state index contributed by atoms with van der Waals surface area (Å²) in [4.78, 5) is 23.7. The molecule has 2 N–H and O–H groups in total. The highest BCUT2D eigenvalue weighted by molar-refractivity contribution is 6.47. The summed E-state index contributed by atoms with van der Waals surface area (Å²) in [6.45, 7) is 2.04. The minimum atomic E-state index is -0.816. The Balaban J connectivity index is 2.02. The number of anilines is 2. The van der Waals surface area contributed by atoms with Crippen molar-refractivity contribution in [1.82, 2.24) is 0 Å². The van der Waals surface area contributed by atoms with Gasteiger partial charge in [-0.15, -0.1) is 0 Å². The number of aryl methyl sites for hydroxylation is 1. The number of carbonyl (C=O) groups excluding carboxylic acids is 2. The molecule has 0 atom stereocenters. The average Bonchev–Trinajstić information content (AvgIpc) is 2.52. The van der Waals surface area contributed by atoms with E-state index in [-0.39, 0.29) is 10.7 Å². The van der Waals surface area contributed by atoms with Gasteiger partial charge >= 0.3 is 11.8 Å². The van der Waals surface area contributed by atoms with Gasteiger partial charge in [0.25, 0.3) is 0 Å². The van der Waals surface area contributed by atoms with E-state index in [1.165, 1.54) is 0 Å². The predicted octanol–water partition coefficient (Wildman–Crippen LogP) is 4.13. The second-order valence-corrected chi connectivity index (χ2v) is 5.35. The summed E-state index contributed by atoms with van der Waals surface area (Å²) in [7, 11) is 0. The van der Waals surface area contributed by atoms with E-state index in [1.54, 1.807) is 30.3 Å². The SMILES string of the molecule is CCc1ccc(NC(=O)C(=O)Nc2cccc(Cl)c2Cl)cc1. The number of nitrogens with one attached hydrogen (secondary N) is 2. The van der Waals surface area contributed by atoms with Gasteiger partial charge in [0.2, 0.25) is 0 Å². The van der Waals surface area contributed by atoms with E-state index >= 15 is 0 Å². The number of halogens is 2. The first-order valence-corrected chi connectivity index (χ1v) is 7.42. The van der Waals surface area contributed by atoms with Gasteiger partial charge in [-0.3, -0.25) is 9.59 Å². The summed E-state index contributed by atoms with van der Waals surface area (Å²) in [6.07, 6.45) is 0.905. The van der Waals surface area contributed by atoms with E-state index < -0.39 is 11.8 Å². The molecule has 2 rings (SSSR count). The Hall–Kier alpha value is -2.04. The van der Waals surface area contributed by atoms with Crippen LogP contribution in [0.15, 0.2) is 42.5 Å². The summed E-state index contributed by atoms with van der Waals surface area (Å²) in [5.74, 6) is -1.59. The summed E-state index contributed by atoms with van der Waals surface area (Å²) in [6, 6.07) is 12.1. The Morgan fingerprint density at radius 2 is 1.59 bits per heavy atom. The summed E-state index contributed by atoms with van der Waals surface area (Å²) in [5, 5.41) is 5.44. The molecule has 0 bridgehead atoms. The minimum absolute atomic E-state index is 0.192. The van der Waals surface area contributed by atoms with E-state index in [1.807, 2.05) is 19.1 Å². The molecule has 114 valence electrons. The van der Waals surface area contributed by atoms with Crippen molar-refractivity contribution in [3.8, 4) is 0 Å². The number of benzene rings is 2. The van der Waals surface area contributed by atoms with Gasteiger partial charge in [0.15, 0.2) is 0 Å². The van der Waals surface area contributed by atoms with Crippen LogP contribution in [-0.4, -0.2) is 11.8 Å². The lowest BCUT2D eigenvalue weighted by atomic mass is 10.1. The number of amides is 2. The molecule has 6 heteroatoms. The molecule has 2 aromatic carbocycles. The minimum Gasteiger partial charge on any atom is -0.318 e. The van der Waals surface area contributed by atoms with Crippen molar-refractivity contribution in [3.05, 3.63) is 58.1 Å². The zero-order valence-electron chi connectivity index (χ0n) is 11.8. The molecule has 0 saturated heterocycles. The van der Waals surface area contributed by atoms with Crippen molar-refractivity contribution in [1.29, 1.82) is 0 Å². The molecule has 4 nitrogen and oxygen atoms in total. The van der Waals surface area contributed by atoms with Gasteiger partial charge in [-0.25, -0.2) is 0 Å². The van der Waals surface area contributed by atoms with Gasteiger partial charge in [0.05, 0.1) is 15.7 Å². The molecule has 0 spiro atoms. The highest BCUT2D eigenvalue weighted by Crippen LogP contribution is 2.29. The van der Waals surface area contributed by atoms with Crippen molar-refractivity contribution < 1.29 is 9.59 Å². The molecule has 2 amide bonds. The van der Waals surface area contributed by atoms with Crippen LogP contribution in [0.4, 0.5) is 11.4 Å². The maximum Gasteiger partial charge on any atom is 0.314 e. The fourth-order valence-electron chi connectivity index (χ4n) is 1.79. The number of hydrogen-bond acceptors (Lipinski definition) is 2. The molecule has 0 aromatic heterocycles. The first-order chi connectivity index (χ1) is 10.5. The van der Waals surface area contributed by atoms with E-state index in [9.17, 15) is 9.59 Å². The first-order valence-electron chi connectivity index (χ1n) is 6.66. The quantitative estimate of drug-likeness (QED) is 0.828. The molecular formula is C16H14Cl2N2O2. The lowest BCUT2D eigenvalue weighted by Gasteiger charge is -2.09. The van der Waals surface area contributed by atoms with Gasteiger partial charge < -0.3 is 10.6 Å². The van der Waals surface area contributed by atoms with E-state index in [0.29, 0.717) is 10.7 Å². The molecule has 2 aromatic rings. The topological polar surface area (TPSA) is 58.2 Å². The fraction of sp³-hybridized carbons (Fsp3) is 0.125. The Labute approximate surface area is 138 Å². The normalized spacial score (nSPS) is 10.1. The lowest BCUT2D eigenvalue weighted by molar-refractivity contribution is -0.132. The lowest BCUT2D eigenvalue weighted by Crippen LogP contribution is -2.29. The Morgan fingerprint density at radius 1 is 0.955 bits per heavy atom. The number of hydrogen-bond donors (Lipinski definition) is 2. The van der Waals surface area contributed by atoms with Crippen LogP contribution in [0.5, 0.6) is 0 Å². The summed E-state index contributed by atoms with van der Waals surface area (Å²) in [5.41, 5.74) is 1.98. The predicted molar refractivity (Wildman–Crippen MR) is 89.5 cm³/mol. The third kappa shape index (κ3) is 4.00. The van der Waals surface area contributed by atoms with Crippen LogP contribution in [0.25, 0.3) is 0 Å². The molecule has 0 unspecified atom stereocenters. The monoisotopic (exact) mass is 336 g/mol.